The number of rotatable bonds is 4. The number of aliphatic imine (C=N–C) groups is 2. The Kier molecular flexibility index (Phi) is 4.84. The minimum absolute atomic E-state index is 0.0237. The summed E-state index contributed by atoms with van der Waals surface area (Å²) in [7, 11) is 0. The number of aromatic nitrogens is 2. The number of amides is 1. The fraction of sp³-hybridized carbons (Fsp3) is 0.350. The third-order valence-corrected chi connectivity index (χ3v) is 5.74. The van der Waals surface area contributed by atoms with E-state index < -0.39 is 12.0 Å². The van der Waals surface area contributed by atoms with E-state index in [-0.39, 0.29) is 24.5 Å². The molecule has 3 aliphatic rings. The van der Waals surface area contributed by atoms with Crippen LogP contribution in [0.5, 0.6) is 0 Å². The van der Waals surface area contributed by atoms with Crippen LogP contribution in [-0.2, 0) is 16.1 Å². The van der Waals surface area contributed by atoms with Gasteiger partial charge >= 0.3 is 0 Å². The first kappa shape index (κ1) is 19.0. The number of amidine groups is 1. The molecule has 2 aromatic rings. The number of nitrogens with two attached hydrogens (primary N) is 1. The molecule has 1 fully saturated rings. The van der Waals surface area contributed by atoms with Gasteiger partial charge in [-0.15, -0.1) is 0 Å². The van der Waals surface area contributed by atoms with Gasteiger partial charge in [0.05, 0.1) is 25.0 Å². The highest BCUT2D eigenvalue weighted by Gasteiger charge is 2.37. The van der Waals surface area contributed by atoms with Gasteiger partial charge in [0.25, 0.3) is 0 Å². The van der Waals surface area contributed by atoms with Crippen LogP contribution in [0.15, 0.2) is 51.0 Å². The molecule has 0 spiro atoms. The summed E-state index contributed by atoms with van der Waals surface area (Å²) in [5.41, 5.74) is 6.91. The molecule has 4 heterocycles. The minimum Gasteiger partial charge on any atom is -0.385 e. The summed E-state index contributed by atoms with van der Waals surface area (Å²) < 4.78 is 11.3. The van der Waals surface area contributed by atoms with Gasteiger partial charge in [-0.2, -0.15) is 4.98 Å². The van der Waals surface area contributed by atoms with Crippen LogP contribution in [0.4, 0.5) is 0 Å². The molecule has 1 saturated heterocycles. The summed E-state index contributed by atoms with van der Waals surface area (Å²) in [6.45, 7) is 0.654. The van der Waals surface area contributed by atoms with Crippen molar-refractivity contribution in [2.45, 2.75) is 31.0 Å². The lowest BCUT2D eigenvalue weighted by molar-refractivity contribution is -0.131. The van der Waals surface area contributed by atoms with Crippen molar-refractivity contribution in [3.05, 3.63) is 58.8 Å². The van der Waals surface area contributed by atoms with E-state index in [9.17, 15) is 4.79 Å². The standard InChI is InChI=1S/C20H19ClN6O3/c21-13-3-1-11(2-4-13)15-7-12(9-29-15)19-25-16(30-26-19)8-27-10-24-17-14(20(27)28)5-6-23-18(17)22/h1-6,10,12,14-15,17H,7-9H2,(H2,22,23)/t12-,14?,15+,17?/m0/s1. The number of carbonyl (C=O) groups is 1. The van der Waals surface area contributed by atoms with Crippen molar-refractivity contribution in [3.8, 4) is 0 Å². The van der Waals surface area contributed by atoms with E-state index in [0.29, 0.717) is 29.2 Å². The average molecular weight is 427 g/mol. The van der Waals surface area contributed by atoms with Gasteiger partial charge in [0.2, 0.25) is 11.8 Å². The Morgan fingerprint density at radius 2 is 2.10 bits per heavy atom. The molecule has 0 bridgehead atoms. The molecule has 10 heteroatoms. The number of hydrogen-bond acceptors (Lipinski definition) is 8. The van der Waals surface area contributed by atoms with E-state index in [1.807, 2.05) is 24.3 Å². The van der Waals surface area contributed by atoms with E-state index in [1.54, 1.807) is 6.08 Å². The molecular weight excluding hydrogens is 408 g/mol. The van der Waals surface area contributed by atoms with Crippen molar-refractivity contribution in [2.24, 2.45) is 21.6 Å². The summed E-state index contributed by atoms with van der Waals surface area (Å²) >= 11 is 5.95. The van der Waals surface area contributed by atoms with Gasteiger partial charge in [-0.05, 0) is 24.1 Å². The van der Waals surface area contributed by atoms with Crippen LogP contribution >= 0.6 is 11.6 Å². The minimum atomic E-state index is -0.460. The predicted octanol–water partition coefficient (Wildman–Crippen LogP) is 2.21. The summed E-state index contributed by atoms with van der Waals surface area (Å²) in [6, 6.07) is 7.18. The number of nitrogens with zero attached hydrogens (tertiary/aromatic N) is 5. The molecule has 3 aliphatic heterocycles. The van der Waals surface area contributed by atoms with Gasteiger partial charge in [-0.25, -0.2) is 4.99 Å². The molecule has 5 rings (SSSR count). The van der Waals surface area contributed by atoms with Gasteiger partial charge in [-0.1, -0.05) is 35.0 Å². The fourth-order valence-electron chi connectivity index (χ4n) is 3.85. The second-order valence-corrected chi connectivity index (χ2v) is 7.89. The monoisotopic (exact) mass is 426 g/mol. The van der Waals surface area contributed by atoms with E-state index in [1.165, 1.54) is 17.4 Å². The quantitative estimate of drug-likeness (QED) is 0.800. The van der Waals surface area contributed by atoms with Crippen LogP contribution in [0.2, 0.25) is 5.02 Å². The molecule has 1 aromatic carbocycles. The summed E-state index contributed by atoms with van der Waals surface area (Å²) in [6.07, 6.45) is 5.42. The van der Waals surface area contributed by atoms with E-state index in [4.69, 9.17) is 26.6 Å². The molecule has 9 nitrogen and oxygen atoms in total. The molecule has 1 amide bonds. The maximum Gasteiger partial charge on any atom is 0.246 e. The molecule has 4 atom stereocenters. The van der Waals surface area contributed by atoms with Crippen LogP contribution in [0, 0.1) is 5.92 Å². The van der Waals surface area contributed by atoms with Crippen LogP contribution in [-0.4, -0.2) is 45.8 Å². The van der Waals surface area contributed by atoms with Gasteiger partial charge in [0, 0.05) is 17.1 Å². The highest BCUT2D eigenvalue weighted by atomic mass is 35.5. The molecule has 2 N–H and O–H groups in total. The molecule has 0 aliphatic carbocycles. The lowest BCUT2D eigenvalue weighted by Crippen LogP contribution is -2.48. The number of halogens is 1. The van der Waals surface area contributed by atoms with Crippen LogP contribution < -0.4 is 5.73 Å². The molecule has 0 radical (unpaired) electrons. The van der Waals surface area contributed by atoms with Crippen molar-refractivity contribution >= 4 is 29.7 Å². The first-order valence-corrected chi connectivity index (χ1v) is 9.99. The molecule has 2 unspecified atom stereocenters. The smallest absolute Gasteiger partial charge is 0.246 e. The Morgan fingerprint density at radius 1 is 1.27 bits per heavy atom. The Balaban J connectivity index is 1.25. The first-order valence-electron chi connectivity index (χ1n) is 9.61. The highest BCUT2D eigenvalue weighted by Crippen LogP contribution is 2.37. The van der Waals surface area contributed by atoms with Crippen molar-refractivity contribution in [1.82, 2.24) is 15.0 Å². The largest absolute Gasteiger partial charge is 0.385 e. The van der Waals surface area contributed by atoms with Gasteiger partial charge in [-0.3, -0.25) is 14.7 Å². The van der Waals surface area contributed by atoms with Crippen LogP contribution in [0.1, 0.15) is 35.7 Å². The van der Waals surface area contributed by atoms with Gasteiger partial charge in [0.15, 0.2) is 5.82 Å². The Morgan fingerprint density at radius 3 is 2.93 bits per heavy atom. The lowest BCUT2D eigenvalue weighted by atomic mass is 9.94. The van der Waals surface area contributed by atoms with Crippen molar-refractivity contribution in [1.29, 1.82) is 0 Å². The Labute approximate surface area is 177 Å². The SMILES string of the molecule is NC1=NC=CC2C(=O)N(Cc3nc([C@@H]4CO[C@@H](c5ccc(Cl)cc5)C4)no3)C=NC12. The molecule has 1 aromatic heterocycles. The molecule has 30 heavy (non-hydrogen) atoms. The number of benzene rings is 1. The zero-order valence-corrected chi connectivity index (χ0v) is 16.6. The lowest BCUT2D eigenvalue weighted by Gasteiger charge is -2.30. The number of hydrogen-bond donors (Lipinski definition) is 1. The summed E-state index contributed by atoms with van der Waals surface area (Å²) in [5.74, 6) is 0.697. The molecular formula is C20H19ClN6O3. The van der Waals surface area contributed by atoms with Crippen molar-refractivity contribution in [2.75, 3.05) is 6.61 Å². The highest BCUT2D eigenvalue weighted by molar-refractivity contribution is 6.30. The number of carbonyl (C=O) groups excluding carboxylic acids is 1. The van der Waals surface area contributed by atoms with Crippen molar-refractivity contribution in [3.63, 3.8) is 0 Å². The molecule has 154 valence electrons. The fourth-order valence-corrected chi connectivity index (χ4v) is 3.98. The third kappa shape index (κ3) is 3.50. The zero-order valence-electron chi connectivity index (χ0n) is 15.9. The van der Waals surface area contributed by atoms with Gasteiger partial charge < -0.3 is 15.0 Å². The molecule has 0 saturated carbocycles. The average Bonchev–Trinajstić information content (AvgIpc) is 3.41. The zero-order chi connectivity index (χ0) is 20.7. The number of ether oxygens (including phenoxy) is 1. The van der Waals surface area contributed by atoms with E-state index in [0.717, 1.165) is 12.0 Å². The van der Waals surface area contributed by atoms with Gasteiger partial charge in [0.1, 0.15) is 18.4 Å². The second kappa shape index (κ2) is 7.66. The predicted molar refractivity (Wildman–Crippen MR) is 109 cm³/mol. The normalized spacial score (nSPS) is 28.0. The maximum atomic E-state index is 12.8. The van der Waals surface area contributed by atoms with Crippen LogP contribution in [0.25, 0.3) is 0 Å². The topological polar surface area (TPSA) is 119 Å². The number of fused-ring (bicyclic) bond motifs is 1. The summed E-state index contributed by atoms with van der Waals surface area (Å²) in [4.78, 5) is 27.0. The van der Waals surface area contributed by atoms with E-state index >= 15 is 0 Å². The Bertz CT molecular complexity index is 1050. The van der Waals surface area contributed by atoms with E-state index in [2.05, 4.69) is 20.1 Å². The Hall–Kier alpha value is -3.04. The summed E-state index contributed by atoms with van der Waals surface area (Å²) in [5, 5.41) is 4.79. The maximum absolute atomic E-state index is 12.8. The van der Waals surface area contributed by atoms with Crippen molar-refractivity contribution < 1.29 is 14.1 Å². The third-order valence-electron chi connectivity index (χ3n) is 5.49. The second-order valence-electron chi connectivity index (χ2n) is 7.45. The van der Waals surface area contributed by atoms with Crippen LogP contribution in [0.3, 0.4) is 0 Å². The first-order chi connectivity index (χ1) is 14.6.